The van der Waals surface area contributed by atoms with E-state index in [-0.39, 0.29) is 10.7 Å². The van der Waals surface area contributed by atoms with Crippen molar-refractivity contribution in [2.75, 3.05) is 23.4 Å². The Hall–Kier alpha value is -0.820. The van der Waals surface area contributed by atoms with Gasteiger partial charge in [0, 0.05) is 18.8 Å². The summed E-state index contributed by atoms with van der Waals surface area (Å²) in [6.07, 6.45) is 3.37. The molecule has 0 radical (unpaired) electrons. The Balaban J connectivity index is 2.46. The van der Waals surface area contributed by atoms with Crippen LogP contribution in [0.2, 0.25) is 0 Å². The molecule has 0 aliphatic carbocycles. The van der Waals surface area contributed by atoms with Crippen LogP contribution in [0, 0.1) is 5.92 Å². The van der Waals surface area contributed by atoms with Gasteiger partial charge in [0.05, 0.1) is 0 Å². The Kier molecular flexibility index (Phi) is 3.55. The third kappa shape index (κ3) is 2.33. The van der Waals surface area contributed by atoms with Crippen molar-refractivity contribution in [3.63, 3.8) is 0 Å². The zero-order valence-electron chi connectivity index (χ0n) is 10.9. The summed E-state index contributed by atoms with van der Waals surface area (Å²) in [5.41, 5.74) is 5.71. The van der Waals surface area contributed by atoms with E-state index in [2.05, 4.69) is 23.1 Å². The number of hydrogen-bond acceptors (Lipinski definition) is 6. The van der Waals surface area contributed by atoms with E-state index in [1.807, 2.05) is 0 Å². The fourth-order valence-electron chi connectivity index (χ4n) is 2.55. The lowest BCUT2D eigenvalue weighted by Crippen LogP contribution is -2.33. The molecule has 18 heavy (non-hydrogen) atoms. The van der Waals surface area contributed by atoms with Gasteiger partial charge in [0.15, 0.2) is 15.7 Å². The van der Waals surface area contributed by atoms with Crippen LogP contribution in [-0.2, 0) is 9.84 Å². The van der Waals surface area contributed by atoms with Gasteiger partial charge < -0.3 is 10.6 Å². The first kappa shape index (κ1) is 13.6. The van der Waals surface area contributed by atoms with Crippen molar-refractivity contribution >= 4 is 32.2 Å². The standard InChI is InChI=1S/C11H19N3O2S2/c1-7(2)8-5-4-6-14(8)11-9(18(3,15)16)10(12)13-17-11/h7-8H,4-6H2,1-3H3,(H2,12,13). The van der Waals surface area contributed by atoms with Crippen molar-refractivity contribution in [1.82, 2.24) is 4.37 Å². The van der Waals surface area contributed by atoms with E-state index in [0.717, 1.165) is 19.4 Å². The minimum atomic E-state index is -3.33. The molecule has 1 aliphatic heterocycles. The van der Waals surface area contributed by atoms with Crippen molar-refractivity contribution in [1.29, 1.82) is 0 Å². The van der Waals surface area contributed by atoms with Crippen molar-refractivity contribution < 1.29 is 8.42 Å². The third-order valence-corrected chi connectivity index (χ3v) is 5.53. The Morgan fingerprint density at radius 2 is 2.17 bits per heavy atom. The van der Waals surface area contributed by atoms with E-state index in [1.165, 1.54) is 17.8 Å². The van der Waals surface area contributed by atoms with Crippen LogP contribution in [-0.4, -0.2) is 31.6 Å². The van der Waals surface area contributed by atoms with Crippen molar-refractivity contribution in [2.24, 2.45) is 5.92 Å². The molecule has 2 heterocycles. The van der Waals surface area contributed by atoms with Crippen LogP contribution in [0.5, 0.6) is 0 Å². The molecule has 2 rings (SSSR count). The maximum absolute atomic E-state index is 11.8. The molecule has 0 spiro atoms. The zero-order valence-corrected chi connectivity index (χ0v) is 12.5. The second-order valence-corrected chi connectivity index (χ2v) is 7.83. The molecule has 1 atom stereocenters. The fourth-order valence-corrected chi connectivity index (χ4v) is 4.83. The van der Waals surface area contributed by atoms with Crippen molar-refractivity contribution in [3.05, 3.63) is 0 Å². The van der Waals surface area contributed by atoms with Crippen LogP contribution in [0.3, 0.4) is 0 Å². The Morgan fingerprint density at radius 3 is 2.72 bits per heavy atom. The molecular formula is C11H19N3O2S2. The summed E-state index contributed by atoms with van der Waals surface area (Å²) in [6, 6.07) is 0.380. The number of sulfone groups is 1. The van der Waals surface area contributed by atoms with E-state index in [1.54, 1.807) is 0 Å². The fraction of sp³-hybridized carbons (Fsp3) is 0.727. The van der Waals surface area contributed by atoms with E-state index in [4.69, 9.17) is 5.73 Å². The molecule has 0 aromatic carbocycles. The van der Waals surface area contributed by atoms with Gasteiger partial charge in [0.2, 0.25) is 0 Å². The monoisotopic (exact) mass is 289 g/mol. The minimum absolute atomic E-state index is 0.131. The molecule has 0 amide bonds. The molecule has 7 heteroatoms. The first-order valence-electron chi connectivity index (χ1n) is 6.04. The van der Waals surface area contributed by atoms with Crippen LogP contribution in [0.4, 0.5) is 10.8 Å². The molecule has 1 unspecified atom stereocenters. The highest BCUT2D eigenvalue weighted by Crippen LogP contribution is 2.39. The Morgan fingerprint density at radius 1 is 1.50 bits per heavy atom. The van der Waals surface area contributed by atoms with E-state index < -0.39 is 9.84 Å². The maximum atomic E-state index is 11.8. The highest BCUT2D eigenvalue weighted by atomic mass is 32.2. The summed E-state index contributed by atoms with van der Waals surface area (Å²) < 4.78 is 27.7. The van der Waals surface area contributed by atoms with Gasteiger partial charge in [-0.3, -0.25) is 0 Å². The van der Waals surface area contributed by atoms with Crippen LogP contribution < -0.4 is 10.6 Å². The van der Waals surface area contributed by atoms with Gasteiger partial charge in [0.1, 0.15) is 9.90 Å². The number of nitrogens with two attached hydrogens (primary N) is 1. The van der Waals surface area contributed by atoms with Crippen LogP contribution in [0.15, 0.2) is 4.90 Å². The molecule has 5 nitrogen and oxygen atoms in total. The SMILES string of the molecule is CC(C)C1CCCN1c1snc(N)c1S(C)(=O)=O. The highest BCUT2D eigenvalue weighted by molar-refractivity contribution is 7.91. The van der Waals surface area contributed by atoms with Gasteiger partial charge in [-0.2, -0.15) is 4.37 Å². The zero-order chi connectivity index (χ0) is 13.5. The molecule has 1 aromatic rings. The molecular weight excluding hydrogens is 270 g/mol. The maximum Gasteiger partial charge on any atom is 0.182 e. The van der Waals surface area contributed by atoms with Gasteiger partial charge in [-0.15, -0.1) is 0 Å². The Bertz CT molecular complexity index is 536. The topological polar surface area (TPSA) is 76.3 Å². The molecule has 2 N–H and O–H groups in total. The smallest absolute Gasteiger partial charge is 0.182 e. The van der Waals surface area contributed by atoms with Crippen LogP contribution in [0.1, 0.15) is 26.7 Å². The number of nitrogens with zero attached hydrogens (tertiary/aromatic N) is 2. The van der Waals surface area contributed by atoms with Gasteiger partial charge in [-0.05, 0) is 30.3 Å². The average Bonchev–Trinajstić information content (AvgIpc) is 2.80. The Labute approximate surface area is 112 Å². The minimum Gasteiger partial charge on any atom is -0.382 e. The van der Waals surface area contributed by atoms with Crippen molar-refractivity contribution in [2.45, 2.75) is 37.6 Å². The van der Waals surface area contributed by atoms with E-state index in [0.29, 0.717) is 17.0 Å². The molecule has 1 aliphatic rings. The summed E-state index contributed by atoms with van der Waals surface area (Å²) in [7, 11) is -3.33. The highest BCUT2D eigenvalue weighted by Gasteiger charge is 2.33. The summed E-state index contributed by atoms with van der Waals surface area (Å²) >= 11 is 1.19. The second kappa shape index (κ2) is 4.70. The van der Waals surface area contributed by atoms with E-state index >= 15 is 0 Å². The first-order valence-corrected chi connectivity index (χ1v) is 8.70. The molecule has 102 valence electrons. The lowest BCUT2D eigenvalue weighted by atomic mass is 10.0. The molecule has 1 aromatic heterocycles. The number of aromatic nitrogens is 1. The number of nitrogen functional groups attached to an aromatic ring is 1. The predicted molar refractivity (Wildman–Crippen MR) is 74.8 cm³/mol. The average molecular weight is 289 g/mol. The molecule has 1 saturated heterocycles. The van der Waals surface area contributed by atoms with Crippen LogP contribution >= 0.6 is 11.5 Å². The quantitative estimate of drug-likeness (QED) is 0.917. The summed E-state index contributed by atoms with van der Waals surface area (Å²) in [5, 5.41) is 0.714. The summed E-state index contributed by atoms with van der Waals surface area (Å²) in [5.74, 6) is 0.621. The lowest BCUT2D eigenvalue weighted by Gasteiger charge is -2.28. The first-order chi connectivity index (χ1) is 8.32. The summed E-state index contributed by atoms with van der Waals surface area (Å²) in [6.45, 7) is 5.20. The van der Waals surface area contributed by atoms with Gasteiger partial charge in [0.25, 0.3) is 0 Å². The summed E-state index contributed by atoms with van der Waals surface area (Å²) in [4.78, 5) is 2.37. The second-order valence-electron chi connectivity index (χ2n) is 5.12. The van der Waals surface area contributed by atoms with Crippen LogP contribution in [0.25, 0.3) is 0 Å². The lowest BCUT2D eigenvalue weighted by molar-refractivity contribution is 0.492. The third-order valence-electron chi connectivity index (χ3n) is 3.36. The molecule has 0 bridgehead atoms. The largest absolute Gasteiger partial charge is 0.382 e. The predicted octanol–water partition coefficient (Wildman–Crippen LogP) is 1.75. The van der Waals surface area contributed by atoms with Gasteiger partial charge in [-0.25, -0.2) is 8.42 Å². The van der Waals surface area contributed by atoms with Gasteiger partial charge in [-0.1, -0.05) is 13.8 Å². The normalized spacial score (nSPS) is 20.9. The molecule has 1 fully saturated rings. The van der Waals surface area contributed by atoms with Gasteiger partial charge >= 0.3 is 0 Å². The number of hydrogen-bond donors (Lipinski definition) is 1. The van der Waals surface area contributed by atoms with Crippen molar-refractivity contribution in [3.8, 4) is 0 Å². The van der Waals surface area contributed by atoms with E-state index in [9.17, 15) is 8.42 Å². The number of rotatable bonds is 3. The molecule has 0 saturated carbocycles. The number of anilines is 2.